The van der Waals surface area contributed by atoms with Gasteiger partial charge in [-0.1, -0.05) is 0 Å². The summed E-state index contributed by atoms with van der Waals surface area (Å²) in [6.45, 7) is 21.8. The Balaban J connectivity index is 1.92. The Kier molecular flexibility index (Phi) is 25.5. The van der Waals surface area contributed by atoms with Crippen molar-refractivity contribution in [2.45, 2.75) is 218 Å². The Bertz CT molecular complexity index is 1470. The summed E-state index contributed by atoms with van der Waals surface area (Å²) in [6.07, 6.45) is 24.9. The fourth-order valence-electron chi connectivity index (χ4n) is 10.3. The molecule has 0 aliphatic rings. The Morgan fingerprint density at radius 2 is 0.467 bits per heavy atom. The van der Waals surface area contributed by atoms with Crippen LogP contribution in [0.3, 0.4) is 0 Å². The zero-order valence-electron chi connectivity index (χ0n) is 40.5. The van der Waals surface area contributed by atoms with E-state index in [1.807, 2.05) is 8.68 Å². The van der Waals surface area contributed by atoms with E-state index in [1.54, 1.807) is 39.9 Å². The molecule has 6 heteroatoms. The van der Waals surface area contributed by atoms with Crippen molar-refractivity contribution in [3.8, 4) is 31.3 Å². The third-order valence-electron chi connectivity index (χ3n) is 14.3. The third kappa shape index (κ3) is 14.9. The molecular weight excluding hydrogens is 1100 g/mol. The van der Waals surface area contributed by atoms with E-state index in [2.05, 4.69) is 151 Å². The number of benzene rings is 1. The zero-order chi connectivity index (χ0) is 43.3. The van der Waals surface area contributed by atoms with E-state index in [4.69, 9.17) is 0 Å². The molecule has 1 aromatic carbocycles. The summed E-state index contributed by atoms with van der Waals surface area (Å²) in [6, 6.07) is 23.7. The first-order valence-electron chi connectivity index (χ1n) is 25.7. The average Bonchev–Trinajstić information content (AvgIpc) is 4.09. The summed E-state index contributed by atoms with van der Waals surface area (Å²) in [7, 11) is 0. The van der Waals surface area contributed by atoms with Crippen molar-refractivity contribution < 1.29 is 0 Å². The molecule has 0 saturated heterocycles. The van der Waals surface area contributed by atoms with Gasteiger partial charge in [-0.2, -0.15) is 0 Å². The van der Waals surface area contributed by atoms with E-state index in [-0.39, 0.29) is 0 Å². The van der Waals surface area contributed by atoms with Crippen molar-refractivity contribution in [2.24, 2.45) is 0 Å². The molecule has 4 aromatic rings. The van der Waals surface area contributed by atoms with Crippen LogP contribution in [-0.2, 0) is 0 Å². The van der Waals surface area contributed by atoms with Crippen LogP contribution in [0.15, 0.2) is 54.6 Å². The second-order valence-corrected chi connectivity index (χ2v) is 64.8. The molecule has 0 saturated carbocycles. The van der Waals surface area contributed by atoms with Gasteiger partial charge >= 0.3 is 402 Å². The van der Waals surface area contributed by atoms with Gasteiger partial charge in [-0.3, -0.25) is 0 Å². The molecule has 0 atom stereocenters. The Hall–Kier alpha value is 0.716. The first kappa shape index (κ1) is 53.3. The maximum absolute atomic E-state index is 2.67. The van der Waals surface area contributed by atoms with Gasteiger partial charge in [0.15, 0.2) is 0 Å². The fraction of sp³-hybridized carbons (Fsp3) is 0.667. The van der Waals surface area contributed by atoms with Gasteiger partial charge in [-0.15, -0.1) is 0 Å². The topological polar surface area (TPSA) is 0 Å². The van der Waals surface area contributed by atoms with Crippen LogP contribution in [0.25, 0.3) is 31.3 Å². The molecule has 0 unspecified atom stereocenters. The molecule has 0 radical (unpaired) electrons. The van der Waals surface area contributed by atoms with E-state index in [1.165, 1.54) is 147 Å². The van der Waals surface area contributed by atoms with E-state index < -0.39 is 55.1 Å². The predicted molar refractivity (Wildman–Crippen MR) is 290 cm³/mol. The van der Waals surface area contributed by atoms with Crippen LogP contribution in [0.1, 0.15) is 178 Å². The number of hydrogen-bond acceptors (Lipinski definition) is 3. The van der Waals surface area contributed by atoms with E-state index in [9.17, 15) is 0 Å². The van der Waals surface area contributed by atoms with Crippen LogP contribution in [0.4, 0.5) is 0 Å². The van der Waals surface area contributed by atoms with Gasteiger partial charge in [0.2, 0.25) is 0 Å². The first-order chi connectivity index (χ1) is 29.3. The summed E-state index contributed by atoms with van der Waals surface area (Å²) in [4.78, 5) is 4.62. The van der Waals surface area contributed by atoms with Crippen LogP contribution in [0, 0.1) is 0 Å². The summed E-state index contributed by atoms with van der Waals surface area (Å²) in [5.41, 5.74) is 4.46. The normalized spacial score (nSPS) is 12.6. The maximum atomic E-state index is 2.67. The van der Waals surface area contributed by atoms with Crippen molar-refractivity contribution >= 4 is 97.8 Å². The Morgan fingerprint density at radius 1 is 0.283 bits per heavy atom. The second-order valence-electron chi connectivity index (χ2n) is 19.1. The van der Waals surface area contributed by atoms with Crippen molar-refractivity contribution in [2.75, 3.05) is 0 Å². The molecule has 0 bridgehead atoms. The summed E-state index contributed by atoms with van der Waals surface area (Å²) in [5.74, 6) is 0. The summed E-state index contributed by atoms with van der Waals surface area (Å²) in [5, 5.41) is 0. The number of unbranched alkanes of at least 4 members (excludes halogenated alkanes) is 9. The van der Waals surface area contributed by atoms with Crippen molar-refractivity contribution in [1.82, 2.24) is 0 Å². The van der Waals surface area contributed by atoms with Crippen LogP contribution < -0.4 is 8.68 Å². The van der Waals surface area contributed by atoms with Gasteiger partial charge in [0.05, 0.1) is 0 Å². The SMILES string of the molecule is CCC[CH2][Sn]([CH2]CCC)([CH2]CCC)[c]1ccc(-c2cc(-c3cc[c]([Sn]([CH2]CCC)([CH2]CCC)[CH2]CCC)s3)cc(-c3cc[c]([Sn]([CH2]CCC)([CH2]CCC)[CH2]CCC)s3)c2)s1. The van der Waals surface area contributed by atoms with Crippen LogP contribution >= 0.6 is 34.0 Å². The van der Waals surface area contributed by atoms with Gasteiger partial charge in [-0.05, 0) is 0 Å². The van der Waals surface area contributed by atoms with Crippen molar-refractivity contribution in [3.05, 3.63) is 54.6 Å². The number of rotatable bonds is 33. The van der Waals surface area contributed by atoms with Crippen molar-refractivity contribution in [3.63, 3.8) is 0 Å². The van der Waals surface area contributed by atoms with E-state index >= 15 is 0 Å². The Morgan fingerprint density at radius 3 is 0.633 bits per heavy atom. The zero-order valence-corrected chi connectivity index (χ0v) is 51.5. The standard InChI is InChI=1S/C18H9S3.9C4H9.3Sn/c1-4-16(19-7-1)13-10-14(17-5-2-8-20-17)12-15(11-13)18-6-3-9-21-18;9*1-3-4-2;;;/h1-6,10-12H;9*1,3-4H2,2H3;;;. The van der Waals surface area contributed by atoms with E-state index in [0.717, 1.165) is 0 Å². The predicted octanol–water partition coefficient (Wildman–Crippen LogP) is 19.0. The monoisotopic (exact) mass is 1190 g/mol. The second kappa shape index (κ2) is 28.7. The molecule has 60 heavy (non-hydrogen) atoms. The molecule has 0 fully saturated rings. The molecule has 4 rings (SSSR count). The molecule has 0 spiro atoms. The van der Waals surface area contributed by atoms with Crippen LogP contribution in [0.2, 0.25) is 39.9 Å². The first-order valence-corrected chi connectivity index (χ1v) is 50.6. The fourth-order valence-corrected chi connectivity index (χ4v) is 70.6. The van der Waals surface area contributed by atoms with Crippen molar-refractivity contribution in [1.29, 1.82) is 0 Å². The molecule has 0 aliphatic heterocycles. The molecule has 0 amide bonds. The quantitative estimate of drug-likeness (QED) is 0.0417. The minimum atomic E-state index is -2.54. The number of hydrogen-bond donors (Lipinski definition) is 0. The Labute approximate surface area is 397 Å². The molecule has 3 aromatic heterocycles. The molecule has 0 N–H and O–H groups in total. The van der Waals surface area contributed by atoms with Gasteiger partial charge < -0.3 is 0 Å². The minimum absolute atomic E-state index is 1.34. The van der Waals surface area contributed by atoms with Gasteiger partial charge in [0.25, 0.3) is 0 Å². The van der Waals surface area contributed by atoms with Gasteiger partial charge in [0, 0.05) is 0 Å². The molecule has 0 aliphatic carbocycles. The van der Waals surface area contributed by atoms with Crippen LogP contribution in [-0.4, -0.2) is 55.1 Å². The summed E-state index contributed by atoms with van der Waals surface area (Å²) < 4.78 is 19.6. The van der Waals surface area contributed by atoms with Crippen LogP contribution in [0.5, 0.6) is 0 Å². The molecule has 0 nitrogen and oxygen atoms in total. The molecule has 336 valence electrons. The third-order valence-corrected chi connectivity index (χ3v) is 72.5. The molecule has 3 heterocycles. The summed E-state index contributed by atoms with van der Waals surface area (Å²) >= 11 is -0.875. The average molecular weight is 1190 g/mol. The van der Waals surface area contributed by atoms with E-state index in [0.29, 0.717) is 0 Å². The molecular formula is C54H90S3Sn3. The van der Waals surface area contributed by atoms with Gasteiger partial charge in [0.1, 0.15) is 0 Å². The number of thiophene rings is 3. The van der Waals surface area contributed by atoms with Gasteiger partial charge in [-0.25, -0.2) is 0 Å².